The van der Waals surface area contributed by atoms with Gasteiger partial charge in [-0.15, -0.1) is 0 Å². The predicted molar refractivity (Wildman–Crippen MR) is 67.8 cm³/mol. The Morgan fingerprint density at radius 3 is 1.44 bits per heavy atom. The van der Waals surface area contributed by atoms with Crippen LogP contribution < -0.4 is 88.7 Å². The van der Waals surface area contributed by atoms with Crippen LogP contribution in [0.5, 0.6) is 0 Å². The van der Waals surface area contributed by atoms with Gasteiger partial charge >= 0.3 is 88.7 Å². The first-order valence-electron chi connectivity index (χ1n) is 5.27. The van der Waals surface area contributed by atoms with E-state index in [4.69, 9.17) is 0 Å². The first-order chi connectivity index (χ1) is 9.83. The smallest absolute Gasteiger partial charge is 0.744 e. The molecule has 9 nitrogen and oxygen atoms in total. The van der Waals surface area contributed by atoms with Crippen LogP contribution in [-0.2, 0) is 30.4 Å². The minimum atomic E-state index is -5.43. The molecule has 0 fully saturated rings. The third-order valence-corrected chi connectivity index (χ3v) is 5.57. The molecule has 0 atom stereocenters. The molecule has 2 rings (SSSR count). The Morgan fingerprint density at radius 1 is 0.560 bits per heavy atom. The molecule has 2 aromatic carbocycles. The maximum Gasteiger partial charge on any atom is 1.00 e. The number of benzene rings is 2. The molecule has 0 aromatic heterocycles. The van der Waals surface area contributed by atoms with E-state index < -0.39 is 55.8 Å². The van der Waals surface area contributed by atoms with Crippen molar-refractivity contribution in [2.24, 2.45) is 0 Å². The Morgan fingerprint density at radius 2 is 1.04 bits per heavy atom. The van der Waals surface area contributed by atoms with Crippen LogP contribution in [0.4, 0.5) is 0 Å². The van der Waals surface area contributed by atoms with E-state index in [1.54, 1.807) is 0 Å². The van der Waals surface area contributed by atoms with Crippen LogP contribution in [0, 0.1) is 0 Å². The van der Waals surface area contributed by atoms with Crippen LogP contribution in [0.1, 0.15) is 0 Å². The largest absolute Gasteiger partial charge is 1.00 e. The normalized spacial score (nSPS) is 11.8. The maximum absolute atomic E-state index is 11.3. The molecule has 0 aliphatic carbocycles. The summed E-state index contributed by atoms with van der Waals surface area (Å²) in [5, 5.41) is -1.11. The van der Waals surface area contributed by atoms with E-state index in [0.29, 0.717) is 6.07 Å². The van der Waals surface area contributed by atoms with Crippen LogP contribution in [-0.4, -0.2) is 38.9 Å². The topological polar surface area (TPSA) is 172 Å². The first-order valence-corrected chi connectivity index (χ1v) is 9.49. The van der Waals surface area contributed by atoms with Crippen molar-refractivity contribution in [1.29, 1.82) is 0 Å². The molecule has 0 heterocycles. The number of fused-ring (bicyclic) bond motifs is 1. The number of rotatable bonds is 3. The molecule has 0 saturated carbocycles. The van der Waals surface area contributed by atoms with E-state index in [1.807, 2.05) is 0 Å². The van der Waals surface area contributed by atoms with E-state index in [0.717, 1.165) is 24.3 Å². The van der Waals surface area contributed by atoms with Crippen molar-refractivity contribution in [3.63, 3.8) is 0 Å². The molecule has 25 heavy (non-hydrogen) atoms. The molecule has 0 N–H and O–H groups in total. The zero-order valence-corrected chi connectivity index (χ0v) is 21.7. The average Bonchev–Trinajstić information content (AvgIpc) is 2.33. The molecule has 2 aromatic rings. The molecule has 120 valence electrons. The molecular formula is C10H5Na3O9S3. The van der Waals surface area contributed by atoms with Crippen LogP contribution >= 0.6 is 0 Å². The van der Waals surface area contributed by atoms with Gasteiger partial charge in [0.25, 0.3) is 0 Å². The van der Waals surface area contributed by atoms with Crippen molar-refractivity contribution in [2.75, 3.05) is 0 Å². The van der Waals surface area contributed by atoms with Gasteiger partial charge in [-0.25, -0.2) is 25.3 Å². The Labute approximate surface area is 210 Å². The Kier molecular flexibility index (Phi) is 11.2. The summed E-state index contributed by atoms with van der Waals surface area (Å²) in [6.45, 7) is 0. The molecular weight excluding hydrogens is 429 g/mol. The van der Waals surface area contributed by atoms with Crippen molar-refractivity contribution >= 4 is 41.1 Å². The summed E-state index contributed by atoms with van der Waals surface area (Å²) in [6.07, 6.45) is 0. The summed E-state index contributed by atoms with van der Waals surface area (Å²) in [5.41, 5.74) is 0. The van der Waals surface area contributed by atoms with Gasteiger partial charge in [-0.05, 0) is 12.1 Å². The fourth-order valence-corrected chi connectivity index (χ4v) is 4.59. The maximum atomic E-state index is 11.3. The second-order valence-corrected chi connectivity index (χ2v) is 8.12. The monoisotopic (exact) mass is 434 g/mol. The third-order valence-electron chi connectivity index (χ3n) is 2.72. The number of hydrogen-bond acceptors (Lipinski definition) is 9. The molecule has 0 amide bonds. The van der Waals surface area contributed by atoms with Crippen molar-refractivity contribution in [1.82, 2.24) is 0 Å². The molecule has 0 aliphatic rings. The Balaban J connectivity index is 0. The molecule has 0 aliphatic heterocycles. The van der Waals surface area contributed by atoms with E-state index >= 15 is 0 Å². The van der Waals surface area contributed by atoms with Crippen molar-refractivity contribution < 1.29 is 128 Å². The van der Waals surface area contributed by atoms with Crippen LogP contribution in [0.25, 0.3) is 10.8 Å². The van der Waals surface area contributed by atoms with Gasteiger partial charge in [0.15, 0.2) is 0 Å². The second-order valence-electron chi connectivity index (χ2n) is 4.11. The molecule has 0 unspecified atom stereocenters. The molecule has 0 saturated heterocycles. The van der Waals surface area contributed by atoms with Crippen molar-refractivity contribution in [2.45, 2.75) is 14.7 Å². The van der Waals surface area contributed by atoms with Gasteiger partial charge in [-0.2, -0.15) is 0 Å². The number of hydrogen-bond donors (Lipinski definition) is 0. The average molecular weight is 434 g/mol. The molecule has 15 heteroatoms. The fourth-order valence-electron chi connectivity index (χ4n) is 1.95. The van der Waals surface area contributed by atoms with Gasteiger partial charge in [0.2, 0.25) is 0 Å². The Bertz CT molecular complexity index is 1090. The van der Waals surface area contributed by atoms with Gasteiger partial charge in [0.1, 0.15) is 30.4 Å². The quantitative estimate of drug-likeness (QED) is 0.336. The zero-order valence-electron chi connectivity index (χ0n) is 13.3. The Hall–Kier alpha value is 1.43. The first kappa shape index (κ1) is 28.6. The summed E-state index contributed by atoms with van der Waals surface area (Å²) in [7, 11) is -15.8. The summed E-state index contributed by atoms with van der Waals surface area (Å²) in [5.74, 6) is 0. The van der Waals surface area contributed by atoms with Gasteiger partial charge in [-0.3, -0.25) is 0 Å². The minimum absolute atomic E-state index is 0. The summed E-state index contributed by atoms with van der Waals surface area (Å²) < 4.78 is 101. The predicted octanol–water partition coefficient (Wildman–Crippen LogP) is -9.44. The van der Waals surface area contributed by atoms with E-state index in [9.17, 15) is 38.9 Å². The summed E-state index contributed by atoms with van der Waals surface area (Å²) >= 11 is 0. The van der Waals surface area contributed by atoms with Gasteiger partial charge < -0.3 is 13.7 Å². The summed E-state index contributed by atoms with van der Waals surface area (Å²) in [4.78, 5) is -3.54. The SMILES string of the molecule is O=S(=O)([O-])c1ccc2c(S(=O)(=O)[O-])cccc2c1S(=O)(=O)[O-].[Na+].[Na+].[Na+]. The van der Waals surface area contributed by atoms with Crippen LogP contribution in [0.3, 0.4) is 0 Å². The van der Waals surface area contributed by atoms with E-state index in [-0.39, 0.29) is 88.7 Å². The van der Waals surface area contributed by atoms with E-state index in [1.165, 1.54) is 0 Å². The van der Waals surface area contributed by atoms with Gasteiger partial charge in [-0.1, -0.05) is 18.2 Å². The van der Waals surface area contributed by atoms with Crippen molar-refractivity contribution in [3.05, 3.63) is 30.3 Å². The van der Waals surface area contributed by atoms with Crippen LogP contribution in [0.2, 0.25) is 0 Å². The second kappa shape index (κ2) is 9.76. The van der Waals surface area contributed by atoms with Gasteiger partial charge in [0.05, 0.1) is 14.7 Å². The van der Waals surface area contributed by atoms with Gasteiger partial charge in [0, 0.05) is 10.8 Å². The molecule has 0 radical (unpaired) electrons. The van der Waals surface area contributed by atoms with Crippen LogP contribution in [0.15, 0.2) is 45.0 Å². The third kappa shape index (κ3) is 6.48. The van der Waals surface area contributed by atoms with E-state index in [2.05, 4.69) is 0 Å². The molecule has 0 bridgehead atoms. The standard InChI is InChI=1S/C10H8O9S3.3Na/c11-20(12,13)8-3-1-2-7-6(8)4-5-9(21(14,15)16)10(7)22(17,18)19;;;/h1-5H,(H,11,12,13)(H,14,15,16)(H,17,18,19);;;/q;3*+1/p-3. The minimum Gasteiger partial charge on any atom is -0.744 e. The zero-order chi connectivity index (χ0) is 16.9. The molecule has 0 spiro atoms. The van der Waals surface area contributed by atoms with Crippen molar-refractivity contribution in [3.8, 4) is 0 Å². The summed E-state index contributed by atoms with van der Waals surface area (Å²) in [6, 6.07) is 3.98. The fraction of sp³-hybridized carbons (Fsp3) is 0.